The van der Waals surface area contributed by atoms with Crippen LogP contribution >= 0.6 is 0 Å². The molecule has 4 rings (SSSR count). The second-order valence-corrected chi connectivity index (χ2v) is 8.48. The van der Waals surface area contributed by atoms with Gasteiger partial charge < -0.3 is 16.4 Å². The lowest BCUT2D eigenvalue weighted by Crippen LogP contribution is -2.39. The Kier molecular flexibility index (Phi) is 5.07. The Morgan fingerprint density at radius 3 is 2.62 bits per heavy atom. The van der Waals surface area contributed by atoms with Gasteiger partial charge in [-0.1, -0.05) is 19.9 Å². The van der Waals surface area contributed by atoms with Gasteiger partial charge in [-0.3, -0.25) is 28.9 Å². The number of nitrogens with two attached hydrogens (primary N) is 1. The number of amides is 5. The van der Waals surface area contributed by atoms with E-state index in [0.717, 1.165) is 0 Å². The molecule has 2 aliphatic heterocycles. The van der Waals surface area contributed by atoms with E-state index in [4.69, 9.17) is 5.73 Å². The smallest absolute Gasteiger partial charge is 0.323 e. The van der Waals surface area contributed by atoms with E-state index >= 15 is 0 Å². The minimum Gasteiger partial charge on any atom is -0.368 e. The van der Waals surface area contributed by atoms with Crippen molar-refractivity contribution in [2.24, 2.45) is 18.2 Å². The number of carbonyl (C=O) groups is 4. The lowest BCUT2D eigenvalue weighted by atomic mass is 9.92. The standard InChI is InChI=1S/C20H24N8O4/c1-20(2)7-8-27(18(20)31)16-13(9-26(3)25-16)23-17(30)11-5-4-6-14(22-11)28-10-12(15(21)29)24-19(28)32/h4-6,9,12H,7-8,10H2,1-3H3,(H2,21,29)(H,23,30)(H,24,32)/t12-/m0/s1. The van der Waals surface area contributed by atoms with Gasteiger partial charge >= 0.3 is 6.03 Å². The van der Waals surface area contributed by atoms with Crippen molar-refractivity contribution in [2.75, 3.05) is 28.2 Å². The molecule has 0 aliphatic carbocycles. The van der Waals surface area contributed by atoms with E-state index in [1.54, 1.807) is 30.3 Å². The van der Waals surface area contributed by atoms with Crippen molar-refractivity contribution in [3.05, 3.63) is 30.1 Å². The summed E-state index contributed by atoms with van der Waals surface area (Å²) in [5.74, 6) is -0.662. The van der Waals surface area contributed by atoms with Crippen molar-refractivity contribution < 1.29 is 19.2 Å². The fourth-order valence-corrected chi connectivity index (χ4v) is 3.71. The maximum atomic E-state index is 12.9. The van der Waals surface area contributed by atoms with Crippen LogP contribution in [0.15, 0.2) is 24.4 Å². The number of rotatable bonds is 5. The second-order valence-electron chi connectivity index (χ2n) is 8.48. The molecule has 0 saturated carbocycles. The number of nitrogens with zero attached hydrogens (tertiary/aromatic N) is 5. The first-order chi connectivity index (χ1) is 15.1. The average Bonchev–Trinajstić information content (AvgIpc) is 3.38. The molecule has 2 aromatic heterocycles. The van der Waals surface area contributed by atoms with Crippen LogP contribution in [0.3, 0.4) is 0 Å². The lowest BCUT2D eigenvalue weighted by molar-refractivity contribution is -0.124. The molecule has 4 heterocycles. The first-order valence-electron chi connectivity index (χ1n) is 10.1. The van der Waals surface area contributed by atoms with Gasteiger partial charge in [-0.05, 0) is 18.6 Å². The highest BCUT2D eigenvalue weighted by atomic mass is 16.2. The lowest BCUT2D eigenvalue weighted by Gasteiger charge is -2.19. The van der Waals surface area contributed by atoms with Crippen LogP contribution in [0.1, 0.15) is 30.8 Å². The maximum Gasteiger partial charge on any atom is 0.323 e. The van der Waals surface area contributed by atoms with Crippen LogP contribution in [0.5, 0.6) is 0 Å². The topological polar surface area (TPSA) is 156 Å². The van der Waals surface area contributed by atoms with Crippen LogP contribution in [-0.2, 0) is 16.6 Å². The van der Waals surface area contributed by atoms with E-state index in [9.17, 15) is 19.2 Å². The zero-order chi connectivity index (χ0) is 23.2. The van der Waals surface area contributed by atoms with E-state index in [-0.39, 0.29) is 24.0 Å². The monoisotopic (exact) mass is 440 g/mol. The van der Waals surface area contributed by atoms with Crippen molar-refractivity contribution in [1.29, 1.82) is 0 Å². The molecular formula is C20H24N8O4. The zero-order valence-electron chi connectivity index (χ0n) is 18.0. The number of anilines is 3. The largest absolute Gasteiger partial charge is 0.368 e. The molecule has 0 aromatic carbocycles. The fraction of sp³-hybridized carbons (Fsp3) is 0.400. The van der Waals surface area contributed by atoms with E-state index in [1.165, 1.54) is 15.6 Å². The van der Waals surface area contributed by atoms with Gasteiger partial charge in [-0.25, -0.2) is 9.78 Å². The molecule has 0 radical (unpaired) electrons. The van der Waals surface area contributed by atoms with Crippen LogP contribution in [0.2, 0.25) is 0 Å². The van der Waals surface area contributed by atoms with E-state index in [1.807, 2.05) is 13.8 Å². The van der Waals surface area contributed by atoms with Gasteiger partial charge in [0, 0.05) is 19.0 Å². The van der Waals surface area contributed by atoms with Crippen molar-refractivity contribution in [3.63, 3.8) is 0 Å². The van der Waals surface area contributed by atoms with Gasteiger partial charge in [0.2, 0.25) is 11.8 Å². The summed E-state index contributed by atoms with van der Waals surface area (Å²) in [6.45, 7) is 4.28. The third-order valence-corrected chi connectivity index (χ3v) is 5.59. The molecule has 0 unspecified atom stereocenters. The van der Waals surface area contributed by atoms with Crippen LogP contribution < -0.4 is 26.2 Å². The summed E-state index contributed by atoms with van der Waals surface area (Å²) in [7, 11) is 1.70. The predicted molar refractivity (Wildman–Crippen MR) is 115 cm³/mol. The highest BCUT2D eigenvalue weighted by molar-refractivity contribution is 6.07. The van der Waals surface area contributed by atoms with E-state index in [2.05, 4.69) is 20.7 Å². The van der Waals surface area contributed by atoms with Crippen molar-refractivity contribution in [2.45, 2.75) is 26.3 Å². The van der Waals surface area contributed by atoms with Gasteiger partial charge in [0.25, 0.3) is 5.91 Å². The third-order valence-electron chi connectivity index (χ3n) is 5.59. The molecule has 2 aliphatic rings. The third kappa shape index (κ3) is 3.74. The number of hydrogen-bond donors (Lipinski definition) is 3. The molecule has 168 valence electrons. The molecule has 5 amide bonds. The van der Waals surface area contributed by atoms with Gasteiger partial charge in [-0.15, -0.1) is 0 Å². The fourth-order valence-electron chi connectivity index (χ4n) is 3.71. The molecule has 4 N–H and O–H groups in total. The molecule has 2 saturated heterocycles. The van der Waals surface area contributed by atoms with Crippen LogP contribution in [0, 0.1) is 5.41 Å². The Labute approximate surface area is 183 Å². The minimum absolute atomic E-state index is 0.0197. The summed E-state index contributed by atoms with van der Waals surface area (Å²) in [5.41, 5.74) is 5.20. The molecule has 12 heteroatoms. The second kappa shape index (κ2) is 7.62. The summed E-state index contributed by atoms with van der Waals surface area (Å²) in [5, 5.41) is 9.58. The molecular weight excluding hydrogens is 416 g/mol. The van der Waals surface area contributed by atoms with Gasteiger partial charge in [-0.2, -0.15) is 5.10 Å². The number of primary amides is 1. The number of aryl methyl sites for hydroxylation is 1. The quantitative estimate of drug-likeness (QED) is 0.604. The summed E-state index contributed by atoms with van der Waals surface area (Å²) in [4.78, 5) is 56.2. The molecule has 32 heavy (non-hydrogen) atoms. The molecule has 12 nitrogen and oxygen atoms in total. The Morgan fingerprint density at radius 1 is 1.25 bits per heavy atom. The van der Waals surface area contributed by atoms with E-state index in [0.29, 0.717) is 24.5 Å². The summed E-state index contributed by atoms with van der Waals surface area (Å²) < 4.78 is 1.52. The van der Waals surface area contributed by atoms with Crippen LogP contribution in [0.4, 0.5) is 22.1 Å². The molecule has 0 spiro atoms. The number of pyridine rings is 1. The normalized spacial score (nSPS) is 19.9. The number of aromatic nitrogens is 3. The minimum atomic E-state index is -0.831. The highest BCUT2D eigenvalue weighted by Gasteiger charge is 2.41. The van der Waals surface area contributed by atoms with Gasteiger partial charge in [0.15, 0.2) is 5.82 Å². The average molecular weight is 440 g/mol. The first kappa shape index (κ1) is 21.3. The Hall–Kier alpha value is -3.96. The van der Waals surface area contributed by atoms with Crippen molar-refractivity contribution >= 4 is 41.1 Å². The Bertz CT molecular complexity index is 1120. The summed E-state index contributed by atoms with van der Waals surface area (Å²) in [6.07, 6.45) is 2.30. The number of carbonyl (C=O) groups excluding carboxylic acids is 4. The highest BCUT2D eigenvalue weighted by Crippen LogP contribution is 2.36. The number of urea groups is 1. The summed E-state index contributed by atoms with van der Waals surface area (Å²) in [6, 6.07) is 3.28. The molecule has 1 atom stereocenters. The number of hydrogen-bond acceptors (Lipinski definition) is 6. The van der Waals surface area contributed by atoms with Gasteiger partial charge in [0.1, 0.15) is 23.2 Å². The van der Waals surface area contributed by atoms with Crippen LogP contribution in [0.25, 0.3) is 0 Å². The Balaban J connectivity index is 1.55. The molecule has 2 aromatic rings. The first-order valence-corrected chi connectivity index (χ1v) is 10.1. The predicted octanol–water partition coefficient (Wildman–Crippen LogP) is 0.214. The molecule has 2 fully saturated rings. The van der Waals surface area contributed by atoms with Crippen molar-refractivity contribution in [3.8, 4) is 0 Å². The SMILES string of the molecule is Cn1cc(NC(=O)c2cccc(N3C[C@@H](C(N)=O)NC3=O)n2)c(N2CCC(C)(C)C2=O)n1. The van der Waals surface area contributed by atoms with Crippen LogP contribution in [-0.4, -0.2) is 57.6 Å². The number of nitrogens with one attached hydrogen (secondary N) is 2. The summed E-state index contributed by atoms with van der Waals surface area (Å²) >= 11 is 0. The van der Waals surface area contributed by atoms with Gasteiger partial charge in [0.05, 0.1) is 12.7 Å². The zero-order valence-corrected chi connectivity index (χ0v) is 18.0. The molecule has 0 bridgehead atoms. The Morgan fingerprint density at radius 2 is 2.00 bits per heavy atom. The van der Waals surface area contributed by atoms with Crippen molar-refractivity contribution in [1.82, 2.24) is 20.1 Å². The maximum absolute atomic E-state index is 12.9. The van der Waals surface area contributed by atoms with E-state index < -0.39 is 29.3 Å².